The van der Waals surface area contributed by atoms with E-state index in [0.717, 1.165) is 96.3 Å². The number of carbonyl (C=O) groups excluding carboxylic acids is 2. The van der Waals surface area contributed by atoms with Gasteiger partial charge >= 0.3 is 13.8 Å². The Hall–Kier alpha value is -2.81. The van der Waals surface area contributed by atoms with Crippen LogP contribution in [0.3, 0.4) is 0 Å². The molecule has 78 heavy (non-hydrogen) atoms. The third-order valence-corrected chi connectivity index (χ3v) is 15.1. The number of likely N-dealkylation sites (N-methyl/N-ethyl adjacent to an activating group) is 1. The second kappa shape index (κ2) is 57.4. The number of ether oxygens (including phenoxy) is 1. The summed E-state index contributed by atoms with van der Waals surface area (Å²) in [6.45, 7) is 6.96. The molecule has 0 aliphatic carbocycles. The Morgan fingerprint density at radius 1 is 0.462 bits per heavy atom. The molecule has 2 N–H and O–H groups in total. The Morgan fingerprint density at radius 2 is 0.821 bits per heavy atom. The molecule has 0 aliphatic rings. The van der Waals surface area contributed by atoms with Crippen molar-refractivity contribution in [1.82, 2.24) is 5.32 Å². The van der Waals surface area contributed by atoms with Crippen molar-refractivity contribution in [2.24, 2.45) is 0 Å². The second-order valence-electron chi connectivity index (χ2n) is 23.0. The lowest BCUT2D eigenvalue weighted by Crippen LogP contribution is -2.47. The number of quaternary nitrogens is 1. The van der Waals surface area contributed by atoms with Gasteiger partial charge in [-0.05, 0) is 102 Å². The van der Waals surface area contributed by atoms with Crippen LogP contribution < -0.4 is 5.32 Å². The summed E-state index contributed by atoms with van der Waals surface area (Å²) >= 11 is 0. The maximum atomic E-state index is 13.5. The molecule has 1 amide bonds. The fraction of sp³-hybridized carbons (Fsp3) is 0.765. The molecule has 0 fully saturated rings. The van der Waals surface area contributed by atoms with Gasteiger partial charge in [0.2, 0.25) is 5.91 Å². The summed E-state index contributed by atoms with van der Waals surface area (Å²) in [4.78, 5) is 37.8. The van der Waals surface area contributed by atoms with Gasteiger partial charge in [0.05, 0.1) is 33.8 Å². The molecule has 0 aliphatic heterocycles. The van der Waals surface area contributed by atoms with Crippen molar-refractivity contribution in [1.29, 1.82) is 0 Å². The van der Waals surface area contributed by atoms with Gasteiger partial charge in [0.25, 0.3) is 0 Å². The van der Waals surface area contributed by atoms with E-state index in [-0.39, 0.29) is 31.5 Å². The highest BCUT2D eigenvalue weighted by atomic mass is 31.2. The number of phosphoric ester groups is 1. The fourth-order valence-corrected chi connectivity index (χ4v) is 9.77. The molecule has 452 valence electrons. The third kappa shape index (κ3) is 57.9. The van der Waals surface area contributed by atoms with Crippen molar-refractivity contribution in [3.8, 4) is 0 Å². The summed E-state index contributed by atoms with van der Waals surface area (Å²) in [5, 5.41) is 3.04. The zero-order valence-electron chi connectivity index (χ0n) is 51.6. The molecule has 0 bridgehead atoms. The van der Waals surface area contributed by atoms with Crippen molar-refractivity contribution in [2.75, 3.05) is 40.9 Å². The van der Waals surface area contributed by atoms with E-state index in [2.05, 4.69) is 99.0 Å². The topological polar surface area (TPSA) is 111 Å². The molecule has 0 heterocycles. The number of rotatable bonds is 58. The van der Waals surface area contributed by atoms with E-state index >= 15 is 0 Å². The van der Waals surface area contributed by atoms with Crippen LogP contribution in [-0.4, -0.2) is 74.3 Å². The lowest BCUT2D eigenvalue weighted by molar-refractivity contribution is -0.870. The van der Waals surface area contributed by atoms with Crippen LogP contribution in [0, 0.1) is 0 Å². The number of unbranched alkanes of at least 4 members (excludes halogenated alkanes) is 31. The Bertz CT molecular complexity index is 1610. The highest BCUT2D eigenvalue weighted by molar-refractivity contribution is 7.47. The van der Waals surface area contributed by atoms with E-state index in [1.165, 1.54) is 148 Å². The SMILES string of the molecule is CCCCC/C=C\C/C=C\C/C=C\C/C=C\CCCCCCCCCC(=O)OC(/C=C\CCCCCCCCCCCCC)C(COP(=O)(O)OCC[N+](C)(C)C)NC(=O)CCCCC/C=C/C=C/CCCCCCCCC. The van der Waals surface area contributed by atoms with Crippen molar-refractivity contribution in [3.63, 3.8) is 0 Å². The normalized spacial score (nSPS) is 14.2. The number of nitrogens with one attached hydrogen (secondary N) is 1. The fourth-order valence-electron chi connectivity index (χ4n) is 9.03. The summed E-state index contributed by atoms with van der Waals surface area (Å²) in [5.41, 5.74) is 0. The Labute approximate surface area is 482 Å². The zero-order valence-corrected chi connectivity index (χ0v) is 52.5. The van der Waals surface area contributed by atoms with Crippen molar-refractivity contribution < 1.29 is 37.3 Å². The van der Waals surface area contributed by atoms with Gasteiger partial charge in [-0.1, -0.05) is 254 Å². The van der Waals surface area contributed by atoms with Crippen LogP contribution in [0.15, 0.2) is 85.1 Å². The lowest BCUT2D eigenvalue weighted by atomic mass is 10.0. The molecule has 10 heteroatoms. The second-order valence-corrected chi connectivity index (χ2v) is 24.4. The zero-order chi connectivity index (χ0) is 57.2. The van der Waals surface area contributed by atoms with Crippen LogP contribution in [0.1, 0.15) is 284 Å². The summed E-state index contributed by atoms with van der Waals surface area (Å²) in [7, 11) is 1.47. The number of esters is 1. The van der Waals surface area contributed by atoms with Gasteiger partial charge in [0.15, 0.2) is 0 Å². The van der Waals surface area contributed by atoms with Gasteiger partial charge in [-0.2, -0.15) is 0 Å². The highest BCUT2D eigenvalue weighted by Gasteiger charge is 2.30. The van der Waals surface area contributed by atoms with Crippen LogP contribution >= 0.6 is 7.82 Å². The van der Waals surface area contributed by atoms with Crippen LogP contribution in [0.4, 0.5) is 0 Å². The van der Waals surface area contributed by atoms with E-state index in [4.69, 9.17) is 13.8 Å². The predicted octanol–water partition coefficient (Wildman–Crippen LogP) is 20.2. The first-order valence-electron chi connectivity index (χ1n) is 32.4. The number of hydrogen-bond acceptors (Lipinski definition) is 6. The lowest BCUT2D eigenvalue weighted by Gasteiger charge is -2.27. The molecule has 0 spiro atoms. The Kier molecular flexibility index (Phi) is 55.4. The summed E-state index contributed by atoms with van der Waals surface area (Å²) in [6.07, 6.45) is 75.8. The van der Waals surface area contributed by atoms with Gasteiger partial charge in [0, 0.05) is 12.8 Å². The number of nitrogens with zero attached hydrogens (tertiary/aromatic N) is 1. The number of hydrogen-bond donors (Lipinski definition) is 2. The largest absolute Gasteiger partial charge is 0.472 e. The minimum Gasteiger partial charge on any atom is -0.456 e. The van der Waals surface area contributed by atoms with E-state index in [9.17, 15) is 19.0 Å². The molecule has 0 aromatic rings. The molecule has 0 saturated heterocycles. The first kappa shape index (κ1) is 75.2. The third-order valence-electron chi connectivity index (χ3n) is 14.1. The number of amides is 1. The van der Waals surface area contributed by atoms with Gasteiger partial charge in [-0.25, -0.2) is 4.57 Å². The first-order valence-corrected chi connectivity index (χ1v) is 33.9. The molecule has 0 radical (unpaired) electrons. The molecular formula is C68H124N2O7P+. The molecule has 0 saturated carbocycles. The summed E-state index contributed by atoms with van der Waals surface area (Å²) in [6, 6.07) is -0.871. The molecule has 0 aromatic carbocycles. The van der Waals surface area contributed by atoms with E-state index < -0.39 is 20.0 Å². The van der Waals surface area contributed by atoms with E-state index in [1.54, 1.807) is 0 Å². The van der Waals surface area contributed by atoms with Crippen LogP contribution in [0.5, 0.6) is 0 Å². The van der Waals surface area contributed by atoms with Gasteiger partial charge in [0.1, 0.15) is 19.3 Å². The monoisotopic (exact) mass is 1110 g/mol. The Morgan fingerprint density at radius 3 is 1.28 bits per heavy atom. The number of phosphoric acid groups is 1. The van der Waals surface area contributed by atoms with E-state index in [1.807, 2.05) is 33.3 Å². The molecule has 3 atom stereocenters. The van der Waals surface area contributed by atoms with Crippen LogP contribution in [0.25, 0.3) is 0 Å². The van der Waals surface area contributed by atoms with Crippen LogP contribution in [-0.2, 0) is 27.9 Å². The molecule has 3 unspecified atom stereocenters. The van der Waals surface area contributed by atoms with Crippen molar-refractivity contribution in [2.45, 2.75) is 296 Å². The van der Waals surface area contributed by atoms with Crippen LogP contribution in [0.2, 0.25) is 0 Å². The highest BCUT2D eigenvalue weighted by Crippen LogP contribution is 2.43. The minimum absolute atomic E-state index is 0.0302. The van der Waals surface area contributed by atoms with Gasteiger partial charge in [-0.3, -0.25) is 18.6 Å². The predicted molar refractivity (Wildman–Crippen MR) is 337 cm³/mol. The maximum absolute atomic E-state index is 13.5. The molecule has 0 rings (SSSR count). The van der Waals surface area contributed by atoms with Crippen molar-refractivity contribution >= 4 is 19.7 Å². The standard InChI is InChI=1S/C68H123N2O7P/c1-7-10-13-16-19-22-25-28-30-32-33-34-35-36-37-38-40-43-46-49-52-55-58-61-68(72)77-66(59-56-53-50-47-44-41-27-24-21-18-15-12-9-3)65(64-76-78(73,74)75-63-62-70(4,5)6)69-67(71)60-57-54-51-48-45-42-39-31-29-26-23-20-17-14-11-8-2/h19,22,28,30-31,33-34,36-37,39,42,45,56,59,65-66H,7-18,20-21,23-27,29,32,35,38,40-41,43-44,46-55,57-58,60-64H2,1-6H3,(H-,69,71,73,74)/p+1/b22-19-,30-28-,34-33-,37-36-,39-31+,45-42+,59-56-. The average molecular weight is 1110 g/mol. The first-order chi connectivity index (χ1) is 37.9. The smallest absolute Gasteiger partial charge is 0.456 e. The van der Waals surface area contributed by atoms with Gasteiger partial charge in [-0.15, -0.1) is 0 Å². The number of allylic oxidation sites excluding steroid dienone is 13. The van der Waals surface area contributed by atoms with Crippen molar-refractivity contribution in [3.05, 3.63) is 85.1 Å². The summed E-state index contributed by atoms with van der Waals surface area (Å²) < 4.78 is 30.7. The summed E-state index contributed by atoms with van der Waals surface area (Å²) in [5.74, 6) is -0.546. The average Bonchev–Trinajstić information content (AvgIpc) is 3.40. The number of carbonyl (C=O) groups is 2. The van der Waals surface area contributed by atoms with E-state index in [0.29, 0.717) is 23.9 Å². The maximum Gasteiger partial charge on any atom is 0.472 e. The minimum atomic E-state index is -4.46. The molecular weight excluding hydrogens is 988 g/mol. The Balaban J connectivity index is 5.29. The molecule has 0 aromatic heterocycles. The van der Waals surface area contributed by atoms with Gasteiger partial charge < -0.3 is 19.4 Å². The molecule has 9 nitrogen and oxygen atoms in total. The quantitative estimate of drug-likeness (QED) is 0.0156.